The van der Waals surface area contributed by atoms with Gasteiger partial charge in [-0.05, 0) is 19.4 Å². The second kappa shape index (κ2) is 11.4. The normalized spacial score (nSPS) is 17.1. The number of aliphatic imine (C=N–C) groups is 1. The van der Waals surface area contributed by atoms with Crippen LogP contribution in [0.2, 0.25) is 0 Å². The fourth-order valence-electron chi connectivity index (χ4n) is 2.90. The molecule has 1 saturated heterocycles. The summed E-state index contributed by atoms with van der Waals surface area (Å²) in [5, 5.41) is 6.70. The Kier molecular flexibility index (Phi) is 8.83. The zero-order valence-electron chi connectivity index (χ0n) is 16.5. The molecular formula is C19H31N5O3. The maximum Gasteiger partial charge on any atom is 0.222 e. The predicted molar refractivity (Wildman–Crippen MR) is 105 cm³/mol. The molecule has 1 unspecified atom stereocenters. The quantitative estimate of drug-likeness (QED) is 0.382. The van der Waals surface area contributed by atoms with Gasteiger partial charge in [-0.3, -0.25) is 4.79 Å². The molecule has 1 aromatic heterocycles. The molecule has 2 N–H and O–H groups in total. The van der Waals surface area contributed by atoms with Gasteiger partial charge in [0.1, 0.15) is 6.61 Å². The molecule has 0 saturated carbocycles. The van der Waals surface area contributed by atoms with Crippen molar-refractivity contribution < 1.29 is 14.3 Å². The van der Waals surface area contributed by atoms with Crippen LogP contribution < -0.4 is 15.4 Å². The maximum atomic E-state index is 11.8. The van der Waals surface area contributed by atoms with E-state index in [-0.39, 0.29) is 11.9 Å². The number of guanidine groups is 1. The number of amides is 1. The molecule has 0 bridgehead atoms. The van der Waals surface area contributed by atoms with Crippen molar-refractivity contribution in [3.8, 4) is 5.88 Å². The molecule has 0 aromatic carbocycles. The van der Waals surface area contributed by atoms with Crippen molar-refractivity contribution in [3.05, 3.63) is 23.9 Å². The van der Waals surface area contributed by atoms with Crippen molar-refractivity contribution in [2.24, 2.45) is 4.99 Å². The number of methoxy groups -OCH3 is 1. The summed E-state index contributed by atoms with van der Waals surface area (Å²) in [6.07, 6.45) is 3.18. The minimum absolute atomic E-state index is 0.203. The van der Waals surface area contributed by atoms with Crippen LogP contribution in [0.1, 0.15) is 32.3 Å². The standard InChI is InChI=1S/C19H31N5O3/c1-4-17(25)24-10-8-16(14-24)23-19(20-5-2)22-13-15-7-6-9-21-18(15)27-12-11-26-3/h6-7,9,16H,4-5,8,10-14H2,1-3H3,(H2,20,22,23). The van der Waals surface area contributed by atoms with Gasteiger partial charge in [0.2, 0.25) is 11.8 Å². The van der Waals surface area contributed by atoms with Crippen LogP contribution in [0.25, 0.3) is 0 Å². The van der Waals surface area contributed by atoms with Crippen LogP contribution >= 0.6 is 0 Å². The lowest BCUT2D eigenvalue weighted by molar-refractivity contribution is -0.129. The summed E-state index contributed by atoms with van der Waals surface area (Å²) in [4.78, 5) is 22.7. The lowest BCUT2D eigenvalue weighted by atomic mass is 10.2. The molecule has 1 aliphatic rings. The van der Waals surface area contributed by atoms with Crippen LogP contribution in [-0.4, -0.2) is 67.8 Å². The summed E-state index contributed by atoms with van der Waals surface area (Å²) < 4.78 is 10.7. The molecule has 27 heavy (non-hydrogen) atoms. The zero-order valence-corrected chi connectivity index (χ0v) is 16.5. The first-order valence-corrected chi connectivity index (χ1v) is 9.56. The van der Waals surface area contributed by atoms with Crippen molar-refractivity contribution in [1.29, 1.82) is 0 Å². The summed E-state index contributed by atoms with van der Waals surface area (Å²) >= 11 is 0. The van der Waals surface area contributed by atoms with Gasteiger partial charge in [0.05, 0.1) is 13.2 Å². The third-order valence-electron chi connectivity index (χ3n) is 4.31. The number of carbonyl (C=O) groups excluding carboxylic acids is 1. The van der Waals surface area contributed by atoms with Gasteiger partial charge >= 0.3 is 0 Å². The highest BCUT2D eigenvalue weighted by atomic mass is 16.5. The maximum absolute atomic E-state index is 11.8. The van der Waals surface area contributed by atoms with Crippen LogP contribution in [0.15, 0.2) is 23.3 Å². The second-order valence-electron chi connectivity index (χ2n) is 6.33. The topological polar surface area (TPSA) is 88.1 Å². The van der Waals surface area contributed by atoms with Crippen molar-refractivity contribution in [3.63, 3.8) is 0 Å². The number of carbonyl (C=O) groups is 1. The van der Waals surface area contributed by atoms with E-state index >= 15 is 0 Å². The molecule has 1 aromatic rings. The molecule has 0 aliphatic carbocycles. The number of hydrogen-bond donors (Lipinski definition) is 2. The molecule has 1 atom stereocenters. The van der Waals surface area contributed by atoms with Crippen LogP contribution in [0.5, 0.6) is 5.88 Å². The van der Waals surface area contributed by atoms with E-state index in [2.05, 4.69) is 20.6 Å². The summed E-state index contributed by atoms with van der Waals surface area (Å²) in [5.74, 6) is 1.52. The van der Waals surface area contributed by atoms with Crippen LogP contribution in [0, 0.1) is 0 Å². The molecule has 2 rings (SSSR count). The predicted octanol–water partition coefficient (Wildman–Crippen LogP) is 1.17. The van der Waals surface area contributed by atoms with Crippen molar-refractivity contribution in [1.82, 2.24) is 20.5 Å². The Balaban J connectivity index is 1.96. The molecule has 1 amide bonds. The van der Waals surface area contributed by atoms with Gasteiger partial charge in [-0.25, -0.2) is 9.98 Å². The van der Waals surface area contributed by atoms with E-state index in [1.807, 2.05) is 30.9 Å². The Morgan fingerprint density at radius 3 is 3.00 bits per heavy atom. The van der Waals surface area contributed by atoms with Crippen LogP contribution in [-0.2, 0) is 16.1 Å². The molecule has 0 spiro atoms. The summed E-state index contributed by atoms with van der Waals surface area (Å²) in [6.45, 7) is 7.62. The Bertz CT molecular complexity index is 623. The molecular weight excluding hydrogens is 346 g/mol. The highest BCUT2D eigenvalue weighted by Crippen LogP contribution is 2.15. The Labute approximate surface area is 161 Å². The van der Waals surface area contributed by atoms with E-state index < -0.39 is 0 Å². The smallest absolute Gasteiger partial charge is 0.222 e. The number of ether oxygens (including phenoxy) is 2. The highest BCUT2D eigenvalue weighted by molar-refractivity contribution is 5.80. The third kappa shape index (κ3) is 6.71. The highest BCUT2D eigenvalue weighted by Gasteiger charge is 2.25. The third-order valence-corrected chi connectivity index (χ3v) is 4.31. The van der Waals surface area contributed by atoms with Crippen molar-refractivity contribution in [2.45, 2.75) is 39.3 Å². The Hall–Kier alpha value is -2.35. The monoisotopic (exact) mass is 377 g/mol. The first kappa shape index (κ1) is 21.0. The molecule has 2 heterocycles. The average Bonchev–Trinajstić information content (AvgIpc) is 3.15. The molecule has 0 radical (unpaired) electrons. The number of pyridine rings is 1. The molecule has 8 heteroatoms. The van der Waals surface area contributed by atoms with E-state index in [0.717, 1.165) is 37.6 Å². The first-order chi connectivity index (χ1) is 13.2. The van der Waals surface area contributed by atoms with Gasteiger partial charge in [-0.1, -0.05) is 13.0 Å². The van der Waals surface area contributed by atoms with Gasteiger partial charge in [-0.15, -0.1) is 0 Å². The van der Waals surface area contributed by atoms with E-state index in [1.165, 1.54) is 0 Å². The number of rotatable bonds is 9. The number of nitrogens with zero attached hydrogens (tertiary/aromatic N) is 3. The summed E-state index contributed by atoms with van der Waals surface area (Å²) in [7, 11) is 1.64. The minimum Gasteiger partial charge on any atom is -0.475 e. The second-order valence-corrected chi connectivity index (χ2v) is 6.33. The van der Waals surface area contributed by atoms with Gasteiger partial charge in [-0.2, -0.15) is 0 Å². The number of nitrogens with one attached hydrogen (secondary N) is 2. The molecule has 150 valence electrons. The average molecular weight is 377 g/mol. The lowest BCUT2D eigenvalue weighted by Crippen LogP contribution is -2.45. The van der Waals surface area contributed by atoms with E-state index in [0.29, 0.717) is 32.1 Å². The van der Waals surface area contributed by atoms with E-state index in [1.54, 1.807) is 13.3 Å². The zero-order chi connectivity index (χ0) is 19.5. The van der Waals surface area contributed by atoms with E-state index in [9.17, 15) is 4.79 Å². The Morgan fingerprint density at radius 1 is 1.41 bits per heavy atom. The molecule has 1 fully saturated rings. The fraction of sp³-hybridized carbons (Fsp3) is 0.632. The van der Waals surface area contributed by atoms with Crippen LogP contribution in [0.4, 0.5) is 0 Å². The van der Waals surface area contributed by atoms with Gasteiger partial charge in [0, 0.05) is 51.0 Å². The van der Waals surface area contributed by atoms with E-state index in [4.69, 9.17) is 9.47 Å². The number of aromatic nitrogens is 1. The summed E-state index contributed by atoms with van der Waals surface area (Å²) in [5.41, 5.74) is 0.917. The van der Waals surface area contributed by atoms with Crippen molar-refractivity contribution >= 4 is 11.9 Å². The van der Waals surface area contributed by atoms with Gasteiger partial charge < -0.3 is 25.0 Å². The SMILES string of the molecule is CCNC(=NCc1cccnc1OCCOC)NC1CCN(C(=O)CC)C1. The summed E-state index contributed by atoms with van der Waals surface area (Å²) in [6, 6.07) is 4.04. The number of hydrogen-bond acceptors (Lipinski definition) is 5. The van der Waals surface area contributed by atoms with Gasteiger partial charge in [0.25, 0.3) is 0 Å². The molecule has 8 nitrogen and oxygen atoms in total. The van der Waals surface area contributed by atoms with Gasteiger partial charge in [0.15, 0.2) is 5.96 Å². The fourth-order valence-corrected chi connectivity index (χ4v) is 2.90. The minimum atomic E-state index is 0.203. The first-order valence-electron chi connectivity index (χ1n) is 9.56. The lowest BCUT2D eigenvalue weighted by Gasteiger charge is -2.18. The Morgan fingerprint density at radius 2 is 2.26 bits per heavy atom. The van der Waals surface area contributed by atoms with Crippen molar-refractivity contribution in [2.75, 3.05) is 40.0 Å². The molecule has 1 aliphatic heterocycles. The van der Waals surface area contributed by atoms with Crippen LogP contribution in [0.3, 0.4) is 0 Å². The number of likely N-dealkylation sites (tertiary alicyclic amines) is 1. The largest absolute Gasteiger partial charge is 0.475 e.